The number of phenols is 1. The zero-order valence-corrected chi connectivity index (χ0v) is 13.5. The van der Waals surface area contributed by atoms with Crippen LogP contribution < -0.4 is 5.32 Å². The molecule has 2 N–H and O–H groups in total. The van der Waals surface area contributed by atoms with Crippen LogP contribution in [-0.4, -0.2) is 17.6 Å². The zero-order chi connectivity index (χ0) is 17.9. The Bertz CT molecular complexity index is 743. The third kappa shape index (κ3) is 4.20. The molecule has 2 aromatic rings. The molecule has 0 fully saturated rings. The maximum absolute atomic E-state index is 13.6. The van der Waals surface area contributed by atoms with Gasteiger partial charge in [-0.05, 0) is 35.7 Å². The number of hydrogen-bond acceptors (Lipinski definition) is 2. The minimum absolute atomic E-state index is 0.000926. The Morgan fingerprint density at radius 3 is 2.33 bits per heavy atom. The molecule has 2 rings (SSSR count). The van der Waals surface area contributed by atoms with Crippen molar-refractivity contribution in [2.75, 3.05) is 6.54 Å². The normalized spacial score (nSPS) is 11.4. The van der Waals surface area contributed by atoms with E-state index in [-0.39, 0.29) is 35.6 Å². The van der Waals surface area contributed by atoms with Gasteiger partial charge in [-0.25, -0.2) is 0 Å². The first-order chi connectivity index (χ1) is 11.2. The molecule has 0 saturated carbocycles. The average molecular weight is 358 g/mol. The summed E-state index contributed by atoms with van der Waals surface area (Å²) >= 11 is 5.77. The van der Waals surface area contributed by atoms with Gasteiger partial charge < -0.3 is 10.4 Å². The first-order valence-corrected chi connectivity index (χ1v) is 7.50. The first kappa shape index (κ1) is 18.1. The smallest absolute Gasteiger partial charge is 0.417 e. The average Bonchev–Trinajstić information content (AvgIpc) is 2.48. The number of benzene rings is 2. The van der Waals surface area contributed by atoms with E-state index in [1.165, 1.54) is 43.3 Å². The second-order valence-corrected chi connectivity index (χ2v) is 5.67. The van der Waals surface area contributed by atoms with Gasteiger partial charge in [0.2, 0.25) is 5.91 Å². The van der Waals surface area contributed by atoms with Gasteiger partial charge in [0.25, 0.3) is 0 Å². The van der Waals surface area contributed by atoms with Crippen LogP contribution in [-0.2, 0) is 17.4 Å². The molecular weight excluding hydrogens is 343 g/mol. The molecule has 0 aliphatic heterocycles. The Balaban J connectivity index is 2.55. The molecule has 0 radical (unpaired) electrons. The summed E-state index contributed by atoms with van der Waals surface area (Å²) < 4.78 is 40.8. The maximum Gasteiger partial charge on any atom is 0.417 e. The van der Waals surface area contributed by atoms with Crippen molar-refractivity contribution in [2.45, 2.75) is 19.5 Å². The van der Waals surface area contributed by atoms with Crippen LogP contribution in [0.15, 0.2) is 36.4 Å². The molecule has 0 bridgehead atoms. The molecule has 0 spiro atoms. The number of aromatic hydroxyl groups is 1. The summed E-state index contributed by atoms with van der Waals surface area (Å²) in [6, 6.07) is 8.21. The van der Waals surface area contributed by atoms with Crippen LogP contribution in [0.4, 0.5) is 13.2 Å². The van der Waals surface area contributed by atoms with Crippen LogP contribution in [0.25, 0.3) is 11.1 Å². The number of amides is 1. The lowest BCUT2D eigenvalue weighted by molar-refractivity contribution is -0.137. The van der Waals surface area contributed by atoms with Crippen LogP contribution >= 0.6 is 11.6 Å². The molecule has 7 heteroatoms. The van der Waals surface area contributed by atoms with Gasteiger partial charge in [-0.3, -0.25) is 4.79 Å². The van der Waals surface area contributed by atoms with Crippen molar-refractivity contribution < 1.29 is 23.1 Å². The van der Waals surface area contributed by atoms with E-state index in [0.29, 0.717) is 5.02 Å². The molecule has 0 aromatic heterocycles. The number of hydrogen-bond donors (Lipinski definition) is 2. The van der Waals surface area contributed by atoms with E-state index in [0.717, 1.165) is 0 Å². The number of carbonyl (C=O) groups excluding carboxylic acids is 1. The van der Waals surface area contributed by atoms with E-state index in [1.54, 1.807) is 0 Å². The van der Waals surface area contributed by atoms with Crippen LogP contribution in [0.1, 0.15) is 18.1 Å². The summed E-state index contributed by atoms with van der Waals surface area (Å²) in [5.41, 5.74) is -0.987. The number of carbonyl (C=O) groups is 1. The zero-order valence-electron chi connectivity index (χ0n) is 12.7. The minimum atomic E-state index is -4.65. The lowest BCUT2D eigenvalue weighted by atomic mass is 9.92. The van der Waals surface area contributed by atoms with E-state index in [9.17, 15) is 23.1 Å². The van der Waals surface area contributed by atoms with Crippen LogP contribution in [0.5, 0.6) is 5.75 Å². The van der Waals surface area contributed by atoms with Crippen molar-refractivity contribution in [2.24, 2.45) is 0 Å². The molecule has 0 aliphatic rings. The van der Waals surface area contributed by atoms with Gasteiger partial charge in [0.1, 0.15) is 5.75 Å². The summed E-state index contributed by atoms with van der Waals surface area (Å²) in [4.78, 5) is 10.9. The lowest BCUT2D eigenvalue weighted by Gasteiger charge is -2.19. The SMILES string of the molecule is CC(=O)NCCc1ccc(O)c(-c2ccc(Cl)cc2)c1C(F)(F)F. The number of nitrogens with one attached hydrogen (secondary N) is 1. The summed E-state index contributed by atoms with van der Waals surface area (Å²) in [5, 5.41) is 12.9. The summed E-state index contributed by atoms with van der Waals surface area (Å²) in [6.07, 6.45) is -4.66. The number of halogens is 4. The molecule has 2 aromatic carbocycles. The van der Waals surface area contributed by atoms with Crippen molar-refractivity contribution in [1.29, 1.82) is 0 Å². The number of rotatable bonds is 4. The van der Waals surface area contributed by atoms with Gasteiger partial charge in [0.05, 0.1) is 5.56 Å². The third-order valence-electron chi connectivity index (χ3n) is 3.45. The van der Waals surface area contributed by atoms with Crippen LogP contribution in [0.3, 0.4) is 0 Å². The Morgan fingerprint density at radius 2 is 1.79 bits per heavy atom. The van der Waals surface area contributed by atoms with E-state index < -0.39 is 17.5 Å². The Labute approximate surface area is 142 Å². The summed E-state index contributed by atoms with van der Waals surface area (Å²) in [7, 11) is 0. The molecule has 1 amide bonds. The molecule has 0 saturated heterocycles. The Morgan fingerprint density at radius 1 is 1.17 bits per heavy atom. The molecule has 0 atom stereocenters. The fourth-order valence-corrected chi connectivity index (χ4v) is 2.57. The van der Waals surface area contributed by atoms with Crippen molar-refractivity contribution in [3.8, 4) is 16.9 Å². The molecule has 0 heterocycles. The van der Waals surface area contributed by atoms with Gasteiger partial charge in [-0.1, -0.05) is 29.8 Å². The molecule has 0 unspecified atom stereocenters. The van der Waals surface area contributed by atoms with Crippen LogP contribution in [0, 0.1) is 0 Å². The third-order valence-corrected chi connectivity index (χ3v) is 3.71. The van der Waals surface area contributed by atoms with E-state index >= 15 is 0 Å². The monoisotopic (exact) mass is 357 g/mol. The predicted molar refractivity (Wildman–Crippen MR) is 85.9 cm³/mol. The summed E-state index contributed by atoms with van der Waals surface area (Å²) in [6.45, 7) is 1.36. The standard InChI is InChI=1S/C17H15ClF3NO2/c1-10(23)22-9-8-12-4-7-14(24)15(16(12)17(19,20)21)11-2-5-13(18)6-3-11/h2-7,24H,8-9H2,1H3,(H,22,23). The fraction of sp³-hybridized carbons (Fsp3) is 0.235. The Hall–Kier alpha value is -2.21. The summed E-state index contributed by atoms with van der Waals surface area (Å²) in [5.74, 6) is -0.784. The highest BCUT2D eigenvalue weighted by molar-refractivity contribution is 6.30. The van der Waals surface area contributed by atoms with Gasteiger partial charge >= 0.3 is 6.18 Å². The molecular formula is C17H15ClF3NO2. The maximum atomic E-state index is 13.6. The number of alkyl halides is 3. The quantitative estimate of drug-likeness (QED) is 0.851. The molecule has 24 heavy (non-hydrogen) atoms. The second kappa shape index (κ2) is 7.13. The van der Waals surface area contributed by atoms with Crippen molar-refractivity contribution >= 4 is 17.5 Å². The molecule has 128 valence electrons. The minimum Gasteiger partial charge on any atom is -0.507 e. The molecule has 3 nitrogen and oxygen atoms in total. The van der Waals surface area contributed by atoms with E-state index in [1.807, 2.05) is 0 Å². The highest BCUT2D eigenvalue weighted by atomic mass is 35.5. The first-order valence-electron chi connectivity index (χ1n) is 7.12. The largest absolute Gasteiger partial charge is 0.507 e. The topological polar surface area (TPSA) is 49.3 Å². The van der Waals surface area contributed by atoms with Crippen molar-refractivity contribution in [3.05, 3.63) is 52.5 Å². The Kier molecular flexibility index (Phi) is 5.39. The molecule has 0 aliphatic carbocycles. The van der Waals surface area contributed by atoms with Crippen molar-refractivity contribution in [3.63, 3.8) is 0 Å². The van der Waals surface area contributed by atoms with Gasteiger partial charge in [0, 0.05) is 24.1 Å². The highest BCUT2D eigenvalue weighted by Gasteiger charge is 2.37. The second-order valence-electron chi connectivity index (χ2n) is 5.23. The fourth-order valence-electron chi connectivity index (χ4n) is 2.45. The van der Waals surface area contributed by atoms with Crippen LogP contribution in [0.2, 0.25) is 5.02 Å². The van der Waals surface area contributed by atoms with Gasteiger partial charge in [-0.2, -0.15) is 13.2 Å². The lowest BCUT2D eigenvalue weighted by Crippen LogP contribution is -2.23. The van der Waals surface area contributed by atoms with E-state index in [4.69, 9.17) is 11.6 Å². The van der Waals surface area contributed by atoms with Crippen molar-refractivity contribution in [1.82, 2.24) is 5.32 Å². The predicted octanol–water partition coefficient (Wildman–Crippen LogP) is 4.41. The van der Waals surface area contributed by atoms with Gasteiger partial charge in [-0.15, -0.1) is 0 Å². The van der Waals surface area contributed by atoms with E-state index in [2.05, 4.69) is 5.32 Å². The van der Waals surface area contributed by atoms with Gasteiger partial charge in [0.15, 0.2) is 0 Å². The number of phenolic OH excluding ortho intramolecular Hbond substituents is 1. The highest BCUT2D eigenvalue weighted by Crippen LogP contribution is 2.44.